The first-order chi connectivity index (χ1) is 16.9. The van der Waals surface area contributed by atoms with Crippen LogP contribution in [0.25, 0.3) is 10.9 Å². The van der Waals surface area contributed by atoms with Gasteiger partial charge in [-0.15, -0.1) is 0 Å². The molecule has 2 N–H and O–H groups in total. The summed E-state index contributed by atoms with van der Waals surface area (Å²) in [6.45, 7) is 4.14. The summed E-state index contributed by atoms with van der Waals surface area (Å²) in [5.41, 5.74) is 4.52. The number of halogens is 1. The minimum absolute atomic E-state index is 0.145. The third-order valence-corrected chi connectivity index (χ3v) is 6.48. The predicted molar refractivity (Wildman–Crippen MR) is 143 cm³/mol. The molecule has 0 spiro atoms. The van der Waals surface area contributed by atoms with Crippen LogP contribution in [0.1, 0.15) is 23.6 Å². The number of fused-ring (bicyclic) bond motifs is 1. The van der Waals surface area contributed by atoms with Crippen molar-refractivity contribution in [2.45, 2.75) is 33.4 Å². The largest absolute Gasteiger partial charge is 0.497 e. The Morgan fingerprint density at radius 1 is 1.06 bits per heavy atom. The number of hydrogen-bond acceptors (Lipinski definition) is 4. The van der Waals surface area contributed by atoms with E-state index in [0.717, 1.165) is 23.1 Å². The van der Waals surface area contributed by atoms with Gasteiger partial charge in [0.25, 0.3) is 5.56 Å². The van der Waals surface area contributed by atoms with E-state index in [1.165, 1.54) is 10.1 Å². The fraction of sp³-hybridized carbons (Fsp3) is 0.214. The van der Waals surface area contributed by atoms with Gasteiger partial charge in [0.15, 0.2) is 0 Å². The fourth-order valence-corrected chi connectivity index (χ4v) is 4.13. The highest BCUT2D eigenvalue weighted by molar-refractivity contribution is 6.31. The lowest BCUT2D eigenvalue weighted by molar-refractivity contribution is -0.116. The van der Waals surface area contributed by atoms with Crippen molar-refractivity contribution >= 4 is 39.8 Å². The molecule has 7 heteroatoms. The maximum absolute atomic E-state index is 13.5. The van der Waals surface area contributed by atoms with Crippen LogP contribution in [-0.4, -0.2) is 17.6 Å². The van der Waals surface area contributed by atoms with Gasteiger partial charge in [-0.05, 0) is 72.3 Å². The van der Waals surface area contributed by atoms with Crippen LogP contribution < -0.4 is 20.9 Å². The zero-order valence-corrected chi connectivity index (χ0v) is 20.8. The van der Waals surface area contributed by atoms with Gasteiger partial charge in [0.1, 0.15) is 12.3 Å². The van der Waals surface area contributed by atoms with Crippen molar-refractivity contribution in [2.75, 3.05) is 17.7 Å². The molecule has 4 rings (SSSR count). The molecule has 180 valence electrons. The van der Waals surface area contributed by atoms with E-state index < -0.39 is 0 Å². The number of nitrogens with zero attached hydrogens (tertiary/aromatic N) is 1. The summed E-state index contributed by atoms with van der Waals surface area (Å²) in [5.74, 6) is 0.292. The monoisotopic (exact) mass is 489 g/mol. The van der Waals surface area contributed by atoms with Crippen LogP contribution in [0.15, 0.2) is 71.5 Å². The minimum atomic E-state index is -0.318. The Bertz CT molecular complexity index is 1430. The molecule has 0 aliphatic carbocycles. The molecule has 6 nitrogen and oxygen atoms in total. The smallest absolute Gasteiger partial charge is 0.256 e. The lowest BCUT2D eigenvalue weighted by Crippen LogP contribution is -2.30. The normalized spacial score (nSPS) is 10.9. The highest BCUT2D eigenvalue weighted by Gasteiger charge is 2.15. The fourth-order valence-electron chi connectivity index (χ4n) is 3.95. The molecular formula is C28H28ClN3O3. The number of anilines is 2. The van der Waals surface area contributed by atoms with Gasteiger partial charge in [-0.1, -0.05) is 36.7 Å². The highest BCUT2D eigenvalue weighted by Crippen LogP contribution is 2.24. The number of pyridine rings is 1. The first-order valence-electron chi connectivity index (χ1n) is 11.5. The summed E-state index contributed by atoms with van der Waals surface area (Å²) in [6.07, 6.45) is 0.968. The Balaban J connectivity index is 1.66. The lowest BCUT2D eigenvalue weighted by Gasteiger charge is -2.15. The Hall–Kier alpha value is -3.77. The highest BCUT2D eigenvalue weighted by atomic mass is 35.5. The standard InChI is InChI=1S/C28H28ClN3O3/c1-4-19-8-11-22(12-9-19)30-16-21-14-20-10-13-23(35-3)15-26(20)32(28(21)34)17-27(33)31-25-7-5-6-24(29)18(25)2/h5-15,30H,4,16-17H2,1-3H3,(H,31,33). The molecule has 0 aliphatic heterocycles. The molecule has 4 aromatic rings. The number of rotatable bonds is 8. The Morgan fingerprint density at radius 2 is 1.83 bits per heavy atom. The second kappa shape index (κ2) is 10.7. The number of hydrogen-bond donors (Lipinski definition) is 2. The summed E-state index contributed by atoms with van der Waals surface area (Å²) in [7, 11) is 1.57. The summed E-state index contributed by atoms with van der Waals surface area (Å²) < 4.78 is 6.85. The van der Waals surface area contributed by atoms with Crippen molar-refractivity contribution in [1.29, 1.82) is 0 Å². The van der Waals surface area contributed by atoms with Gasteiger partial charge in [-0.25, -0.2) is 0 Å². The molecule has 0 aliphatic rings. The van der Waals surface area contributed by atoms with E-state index in [2.05, 4.69) is 29.7 Å². The first kappa shape index (κ1) is 24.4. The van der Waals surface area contributed by atoms with Crippen molar-refractivity contribution in [3.05, 3.63) is 98.8 Å². The van der Waals surface area contributed by atoms with E-state index in [1.54, 1.807) is 31.4 Å². The van der Waals surface area contributed by atoms with Crippen molar-refractivity contribution in [1.82, 2.24) is 4.57 Å². The van der Waals surface area contributed by atoms with Gasteiger partial charge < -0.3 is 15.4 Å². The van der Waals surface area contributed by atoms with Crippen molar-refractivity contribution in [2.24, 2.45) is 0 Å². The van der Waals surface area contributed by atoms with E-state index in [4.69, 9.17) is 16.3 Å². The molecule has 0 fully saturated rings. The summed E-state index contributed by atoms with van der Waals surface area (Å²) in [4.78, 5) is 26.5. The number of nitrogens with one attached hydrogen (secondary N) is 2. The topological polar surface area (TPSA) is 72.4 Å². The number of carbonyl (C=O) groups is 1. The molecule has 35 heavy (non-hydrogen) atoms. The molecule has 3 aromatic carbocycles. The third-order valence-electron chi connectivity index (χ3n) is 6.07. The SMILES string of the molecule is CCc1ccc(NCc2cc3ccc(OC)cc3n(CC(=O)Nc3cccc(Cl)c3C)c2=O)cc1. The van der Waals surface area contributed by atoms with Crippen molar-refractivity contribution in [3.63, 3.8) is 0 Å². The van der Waals surface area contributed by atoms with E-state index in [1.807, 2.05) is 37.3 Å². The van der Waals surface area contributed by atoms with Crippen LogP contribution in [0.5, 0.6) is 5.75 Å². The second-order valence-electron chi connectivity index (χ2n) is 8.35. The van der Waals surface area contributed by atoms with E-state index in [-0.39, 0.29) is 18.0 Å². The molecule has 0 atom stereocenters. The number of methoxy groups -OCH3 is 1. The van der Waals surface area contributed by atoms with Crippen LogP contribution in [0, 0.1) is 6.92 Å². The van der Waals surface area contributed by atoms with Crippen LogP contribution in [0.2, 0.25) is 5.02 Å². The molecule has 0 saturated heterocycles. The summed E-state index contributed by atoms with van der Waals surface area (Å²) >= 11 is 6.19. The van der Waals surface area contributed by atoms with E-state index in [0.29, 0.717) is 34.1 Å². The lowest BCUT2D eigenvalue weighted by atomic mass is 10.1. The predicted octanol–water partition coefficient (Wildman–Crippen LogP) is 5.79. The first-order valence-corrected chi connectivity index (χ1v) is 11.9. The molecule has 1 aromatic heterocycles. The Morgan fingerprint density at radius 3 is 2.54 bits per heavy atom. The maximum Gasteiger partial charge on any atom is 0.256 e. The van der Waals surface area contributed by atoms with Crippen LogP contribution >= 0.6 is 11.6 Å². The van der Waals surface area contributed by atoms with Crippen LogP contribution in [-0.2, 0) is 24.3 Å². The zero-order valence-electron chi connectivity index (χ0n) is 20.0. The van der Waals surface area contributed by atoms with Gasteiger partial charge >= 0.3 is 0 Å². The van der Waals surface area contributed by atoms with Crippen molar-refractivity contribution in [3.8, 4) is 5.75 Å². The van der Waals surface area contributed by atoms with Gasteiger partial charge in [0.2, 0.25) is 5.91 Å². The van der Waals surface area contributed by atoms with E-state index >= 15 is 0 Å². The molecule has 1 heterocycles. The molecule has 0 radical (unpaired) electrons. The second-order valence-corrected chi connectivity index (χ2v) is 8.76. The number of aromatic nitrogens is 1. The summed E-state index contributed by atoms with van der Waals surface area (Å²) in [5, 5.41) is 7.61. The number of ether oxygens (including phenoxy) is 1. The van der Waals surface area contributed by atoms with Gasteiger partial charge in [-0.2, -0.15) is 0 Å². The van der Waals surface area contributed by atoms with Gasteiger partial charge in [-0.3, -0.25) is 14.2 Å². The van der Waals surface area contributed by atoms with Crippen LogP contribution in [0.3, 0.4) is 0 Å². The molecule has 0 bridgehead atoms. The average Bonchev–Trinajstić information content (AvgIpc) is 2.87. The van der Waals surface area contributed by atoms with Gasteiger partial charge in [0, 0.05) is 34.6 Å². The molecular weight excluding hydrogens is 462 g/mol. The van der Waals surface area contributed by atoms with Gasteiger partial charge in [0.05, 0.1) is 12.6 Å². The average molecular weight is 490 g/mol. The maximum atomic E-state index is 13.5. The zero-order chi connectivity index (χ0) is 24.9. The number of aryl methyl sites for hydroxylation is 1. The third kappa shape index (κ3) is 5.49. The quantitative estimate of drug-likeness (QED) is 0.329. The summed E-state index contributed by atoms with van der Waals surface area (Å²) in [6, 6.07) is 20.8. The molecule has 0 unspecified atom stereocenters. The number of benzene rings is 3. The number of amides is 1. The minimum Gasteiger partial charge on any atom is -0.497 e. The van der Waals surface area contributed by atoms with Crippen LogP contribution in [0.4, 0.5) is 11.4 Å². The van der Waals surface area contributed by atoms with Crippen molar-refractivity contribution < 1.29 is 9.53 Å². The Kier molecular flexibility index (Phi) is 7.42. The van der Waals surface area contributed by atoms with E-state index in [9.17, 15) is 9.59 Å². The molecule has 1 amide bonds. The number of carbonyl (C=O) groups excluding carboxylic acids is 1. The Labute approximate surface area is 209 Å². The molecule has 0 saturated carbocycles.